The van der Waals surface area contributed by atoms with Crippen LogP contribution < -0.4 is 21.1 Å². The highest BCUT2D eigenvalue weighted by Gasteiger charge is 2.32. The average molecular weight is 523 g/mol. The lowest BCUT2D eigenvalue weighted by Crippen LogP contribution is -2.32. The lowest BCUT2D eigenvalue weighted by molar-refractivity contribution is -0.137. The molecule has 2 amide bonds. The van der Waals surface area contributed by atoms with E-state index in [0.29, 0.717) is 28.6 Å². The Morgan fingerprint density at radius 3 is 2.25 bits per heavy atom. The maximum Gasteiger partial charge on any atom is 0.416 e. The van der Waals surface area contributed by atoms with Gasteiger partial charge in [0.25, 0.3) is 0 Å². The second-order valence-corrected chi connectivity index (χ2v) is 9.41. The highest BCUT2D eigenvalue weighted by molar-refractivity contribution is 7.89. The molecule has 14 heteroatoms. The number of halogens is 4. The fraction of sp³-hybridized carbons (Fsp3) is 0.0909. The maximum atomic E-state index is 14.4. The number of ether oxygens (including phenoxy) is 1. The molecule has 0 spiro atoms. The monoisotopic (exact) mass is 523 g/mol. The number of urea groups is 1. The lowest BCUT2D eigenvalue weighted by atomic mass is 10.1. The summed E-state index contributed by atoms with van der Waals surface area (Å²) < 4.78 is 84.3. The van der Waals surface area contributed by atoms with Crippen LogP contribution in [0.3, 0.4) is 0 Å². The van der Waals surface area contributed by atoms with E-state index in [9.17, 15) is 30.8 Å². The van der Waals surface area contributed by atoms with Crippen LogP contribution in [0.2, 0.25) is 0 Å². The van der Waals surface area contributed by atoms with Crippen LogP contribution in [0, 0.1) is 5.82 Å². The Hall–Kier alpha value is -4.33. The third kappa shape index (κ3) is 4.75. The van der Waals surface area contributed by atoms with Crippen molar-refractivity contribution in [2.75, 3.05) is 16.9 Å². The summed E-state index contributed by atoms with van der Waals surface area (Å²) in [6.45, 7) is 0. The minimum absolute atomic E-state index is 0.0218. The van der Waals surface area contributed by atoms with Gasteiger partial charge >= 0.3 is 12.2 Å². The van der Waals surface area contributed by atoms with Gasteiger partial charge in [0.15, 0.2) is 0 Å². The standard InChI is InChI=1S/C22H17F4N5O4S/c1-36(33,34)31-19-11-15(7-9-17(19)29-20(31)27)35-14-5-3-13(4-6-14)30(21(28)32)18-10-12(22(24,25)26)2-8-16(18)23/h2-11H,1H3,(H2,27,29)(H2,28,32). The summed E-state index contributed by atoms with van der Waals surface area (Å²) in [6.07, 6.45) is -3.80. The van der Waals surface area contributed by atoms with Crippen molar-refractivity contribution in [3.05, 3.63) is 72.0 Å². The van der Waals surface area contributed by atoms with Crippen LogP contribution >= 0.6 is 0 Å². The number of nitrogen functional groups attached to an aromatic ring is 1. The van der Waals surface area contributed by atoms with Gasteiger partial charge in [-0.15, -0.1) is 0 Å². The van der Waals surface area contributed by atoms with Crippen molar-refractivity contribution in [3.8, 4) is 11.5 Å². The normalized spacial score (nSPS) is 12.0. The van der Waals surface area contributed by atoms with Crippen molar-refractivity contribution in [3.63, 3.8) is 0 Å². The smallest absolute Gasteiger partial charge is 0.416 e. The molecule has 36 heavy (non-hydrogen) atoms. The fourth-order valence-corrected chi connectivity index (χ4v) is 4.39. The molecule has 0 saturated carbocycles. The van der Waals surface area contributed by atoms with E-state index in [0.717, 1.165) is 10.2 Å². The van der Waals surface area contributed by atoms with Gasteiger partial charge in [-0.05, 0) is 54.6 Å². The van der Waals surface area contributed by atoms with Gasteiger partial charge in [0.05, 0.1) is 34.2 Å². The van der Waals surface area contributed by atoms with Crippen molar-refractivity contribution in [2.24, 2.45) is 5.73 Å². The third-order valence-corrected chi connectivity index (χ3v) is 6.05. The molecule has 3 aromatic carbocycles. The second-order valence-electron chi connectivity index (χ2n) is 7.58. The van der Waals surface area contributed by atoms with Crippen LogP contribution in [0.1, 0.15) is 5.56 Å². The number of carbonyl (C=O) groups excluding carboxylic acids is 1. The molecule has 0 unspecified atom stereocenters. The molecular formula is C22H17F4N5O4S. The molecule has 0 aliphatic rings. The molecule has 1 heterocycles. The predicted octanol–water partition coefficient (Wildman–Crippen LogP) is 4.59. The van der Waals surface area contributed by atoms with E-state index >= 15 is 0 Å². The molecule has 4 rings (SSSR count). The SMILES string of the molecule is CS(=O)(=O)n1c(N)nc2ccc(Oc3ccc(N(C(N)=O)c4cc(C(F)(F)F)ccc4F)cc3)cc21. The highest BCUT2D eigenvalue weighted by atomic mass is 32.2. The molecule has 0 atom stereocenters. The van der Waals surface area contributed by atoms with Crippen molar-refractivity contribution >= 4 is 44.4 Å². The van der Waals surface area contributed by atoms with Crippen molar-refractivity contribution in [2.45, 2.75) is 6.18 Å². The molecule has 1 aromatic heterocycles. The first-order valence-electron chi connectivity index (χ1n) is 9.98. The molecule has 9 nitrogen and oxygen atoms in total. The number of benzene rings is 3. The van der Waals surface area contributed by atoms with E-state index in [2.05, 4.69) is 4.98 Å². The zero-order valence-electron chi connectivity index (χ0n) is 18.3. The second kappa shape index (κ2) is 8.71. The first kappa shape index (κ1) is 24.8. The number of primary amides is 1. The number of hydrogen-bond donors (Lipinski definition) is 2. The summed E-state index contributed by atoms with van der Waals surface area (Å²) in [5.41, 5.74) is 9.69. The number of amides is 2. The minimum Gasteiger partial charge on any atom is -0.457 e. The molecule has 0 aliphatic carbocycles. The molecular weight excluding hydrogens is 506 g/mol. The Kier molecular flexibility index (Phi) is 6.00. The van der Waals surface area contributed by atoms with Crippen LogP contribution in [0.5, 0.6) is 11.5 Å². The Balaban J connectivity index is 1.66. The summed E-state index contributed by atoms with van der Waals surface area (Å²) in [5.74, 6) is -0.874. The zero-order chi connectivity index (χ0) is 26.4. The fourth-order valence-electron chi connectivity index (χ4n) is 3.51. The number of rotatable bonds is 5. The van der Waals surface area contributed by atoms with E-state index in [1.165, 1.54) is 42.5 Å². The van der Waals surface area contributed by atoms with Crippen LogP contribution in [-0.2, 0) is 16.2 Å². The topological polar surface area (TPSA) is 134 Å². The number of nitrogens with two attached hydrogens (primary N) is 2. The zero-order valence-corrected chi connectivity index (χ0v) is 19.1. The number of anilines is 3. The quantitative estimate of drug-likeness (QED) is 0.368. The van der Waals surface area contributed by atoms with Crippen LogP contribution in [-0.4, -0.2) is 29.7 Å². The molecule has 0 fully saturated rings. The summed E-state index contributed by atoms with van der Waals surface area (Å²) >= 11 is 0. The van der Waals surface area contributed by atoms with Gasteiger partial charge in [-0.25, -0.2) is 26.6 Å². The van der Waals surface area contributed by atoms with Gasteiger partial charge in [0.2, 0.25) is 16.0 Å². The van der Waals surface area contributed by atoms with E-state index in [1.807, 2.05) is 0 Å². The molecule has 4 aromatic rings. The summed E-state index contributed by atoms with van der Waals surface area (Å²) in [4.78, 5) is 16.6. The van der Waals surface area contributed by atoms with Crippen molar-refractivity contribution in [1.29, 1.82) is 0 Å². The van der Waals surface area contributed by atoms with E-state index in [-0.39, 0.29) is 28.7 Å². The molecule has 4 N–H and O–H groups in total. The van der Waals surface area contributed by atoms with Crippen LogP contribution in [0.25, 0.3) is 11.0 Å². The molecule has 188 valence electrons. The van der Waals surface area contributed by atoms with Crippen LogP contribution in [0.15, 0.2) is 60.7 Å². The number of nitrogens with zero attached hydrogens (tertiary/aromatic N) is 3. The van der Waals surface area contributed by atoms with Gasteiger partial charge in [0.1, 0.15) is 17.3 Å². The molecule has 0 bridgehead atoms. The number of carbonyl (C=O) groups is 1. The third-order valence-electron chi connectivity index (χ3n) is 5.01. The predicted molar refractivity (Wildman–Crippen MR) is 124 cm³/mol. The Bertz CT molecular complexity index is 1580. The number of aromatic nitrogens is 2. The van der Waals surface area contributed by atoms with Gasteiger partial charge in [-0.1, -0.05) is 0 Å². The Morgan fingerprint density at radius 2 is 1.67 bits per heavy atom. The molecule has 0 aliphatic heterocycles. The minimum atomic E-state index is -4.76. The van der Waals surface area contributed by atoms with Crippen LogP contribution in [0.4, 0.5) is 39.7 Å². The van der Waals surface area contributed by atoms with E-state index < -0.39 is 39.3 Å². The first-order valence-corrected chi connectivity index (χ1v) is 11.8. The maximum absolute atomic E-state index is 14.4. The summed E-state index contributed by atoms with van der Waals surface area (Å²) in [6, 6.07) is 10.1. The van der Waals surface area contributed by atoms with Gasteiger partial charge in [-0.3, -0.25) is 4.90 Å². The van der Waals surface area contributed by atoms with Crippen molar-refractivity contribution in [1.82, 2.24) is 8.96 Å². The van der Waals surface area contributed by atoms with E-state index in [1.54, 1.807) is 0 Å². The Labute approximate surface area is 201 Å². The summed E-state index contributed by atoms with van der Waals surface area (Å²) in [7, 11) is -3.75. The number of imidazole rings is 1. The average Bonchev–Trinajstić information content (AvgIpc) is 3.10. The number of fused-ring (bicyclic) bond motifs is 1. The van der Waals surface area contributed by atoms with E-state index in [4.69, 9.17) is 16.2 Å². The molecule has 0 radical (unpaired) electrons. The van der Waals surface area contributed by atoms with Gasteiger partial charge < -0.3 is 16.2 Å². The molecule has 0 saturated heterocycles. The van der Waals surface area contributed by atoms with Gasteiger partial charge in [-0.2, -0.15) is 13.2 Å². The first-order chi connectivity index (χ1) is 16.8. The number of hydrogen-bond acceptors (Lipinski definition) is 6. The summed E-state index contributed by atoms with van der Waals surface area (Å²) in [5, 5.41) is 0. The highest BCUT2D eigenvalue weighted by Crippen LogP contribution is 2.36. The van der Waals surface area contributed by atoms with Gasteiger partial charge in [0, 0.05) is 6.07 Å². The van der Waals surface area contributed by atoms with Crippen molar-refractivity contribution < 1.29 is 35.5 Å². The lowest BCUT2D eigenvalue weighted by Gasteiger charge is -2.22. The Morgan fingerprint density at radius 1 is 1.03 bits per heavy atom. The largest absolute Gasteiger partial charge is 0.457 e. The number of alkyl halides is 3.